The minimum absolute atomic E-state index is 0.131. The molecule has 1 rings (SSSR count). The van der Waals surface area contributed by atoms with Crippen molar-refractivity contribution < 1.29 is 9.47 Å². The molecule has 3 nitrogen and oxygen atoms in total. The van der Waals surface area contributed by atoms with E-state index in [1.54, 1.807) is 7.11 Å². The third kappa shape index (κ3) is 16.6. The molecule has 0 bridgehead atoms. The summed E-state index contributed by atoms with van der Waals surface area (Å²) in [5, 5.41) is 0. The highest BCUT2D eigenvalue weighted by Crippen LogP contribution is 2.25. The number of methoxy groups -OCH3 is 1. The fourth-order valence-corrected chi connectivity index (χ4v) is 5.51. The summed E-state index contributed by atoms with van der Waals surface area (Å²) in [7, 11) is 7.96. The monoisotopic (exact) mass is 477 g/mol. The fraction of sp³-hybridized carbons (Fsp3) is 1.00. The number of nitrogens with zero attached hydrogens (tertiary/aromatic N) is 1. The van der Waals surface area contributed by atoms with Crippen LogP contribution in [0, 0.1) is 0 Å². The standard InChI is InChI=1S/C30H60BNO2/c1-4-6-8-10-12-14-16-18-20-22-24-32(28-26-30(31)34-29(28)27-33-3)25-23-21-19-17-15-13-11-9-7-5-2/h28-30H,4-27H2,1-3H3/t28?,29-,30-/m1/s1. The van der Waals surface area contributed by atoms with Gasteiger partial charge in [0.1, 0.15) is 7.85 Å². The molecule has 0 aliphatic carbocycles. The molecule has 0 spiro atoms. The van der Waals surface area contributed by atoms with E-state index in [1.807, 2.05) is 0 Å². The molecule has 0 amide bonds. The van der Waals surface area contributed by atoms with Crippen molar-refractivity contribution in [3.05, 3.63) is 0 Å². The van der Waals surface area contributed by atoms with Gasteiger partial charge in [0.15, 0.2) is 0 Å². The molecule has 1 unspecified atom stereocenters. The topological polar surface area (TPSA) is 21.7 Å². The van der Waals surface area contributed by atoms with E-state index in [2.05, 4.69) is 18.7 Å². The van der Waals surface area contributed by atoms with Gasteiger partial charge in [0, 0.05) is 19.2 Å². The zero-order valence-corrected chi connectivity index (χ0v) is 23.5. The summed E-state index contributed by atoms with van der Waals surface area (Å²) in [5.41, 5.74) is 0. The van der Waals surface area contributed by atoms with Gasteiger partial charge in [-0.3, -0.25) is 4.90 Å². The Kier molecular flexibility index (Phi) is 22.0. The van der Waals surface area contributed by atoms with Crippen molar-refractivity contribution >= 4 is 7.85 Å². The van der Waals surface area contributed by atoms with Crippen molar-refractivity contribution in [1.29, 1.82) is 0 Å². The van der Waals surface area contributed by atoms with Gasteiger partial charge < -0.3 is 9.47 Å². The Bertz CT molecular complexity index is 399. The molecule has 1 aliphatic heterocycles. The number of hydrogen-bond acceptors (Lipinski definition) is 3. The Hall–Kier alpha value is -0.0551. The lowest BCUT2D eigenvalue weighted by Gasteiger charge is -2.32. The number of ether oxygens (including phenoxy) is 2. The first kappa shape index (κ1) is 32.0. The second-order valence-corrected chi connectivity index (χ2v) is 10.9. The molecular formula is C30H60BNO2. The lowest BCUT2D eigenvalue weighted by Crippen LogP contribution is -2.43. The Balaban J connectivity index is 2.25. The van der Waals surface area contributed by atoms with Crippen molar-refractivity contribution in [2.75, 3.05) is 26.8 Å². The first-order valence-corrected chi connectivity index (χ1v) is 15.4. The molecule has 1 fully saturated rings. The van der Waals surface area contributed by atoms with E-state index in [1.165, 1.54) is 142 Å². The maximum atomic E-state index is 6.19. The minimum Gasteiger partial charge on any atom is -0.382 e. The lowest BCUT2D eigenvalue weighted by molar-refractivity contribution is -0.00536. The summed E-state index contributed by atoms with van der Waals surface area (Å²) < 4.78 is 11.5. The SMILES string of the molecule is [B][C@H]1CC(N(CCCCCCCCCCCC)CCCCCCCCCCCC)[C@@H](COC)O1. The third-order valence-corrected chi connectivity index (χ3v) is 7.65. The van der Waals surface area contributed by atoms with Crippen LogP contribution in [-0.2, 0) is 9.47 Å². The van der Waals surface area contributed by atoms with E-state index in [0.717, 1.165) is 6.42 Å². The Morgan fingerprint density at radius 2 is 1.03 bits per heavy atom. The normalized spacial score (nSPS) is 20.5. The first-order valence-electron chi connectivity index (χ1n) is 15.4. The van der Waals surface area contributed by atoms with Crippen LogP contribution in [0.2, 0.25) is 0 Å². The van der Waals surface area contributed by atoms with Crippen LogP contribution in [0.15, 0.2) is 0 Å². The van der Waals surface area contributed by atoms with E-state index >= 15 is 0 Å². The van der Waals surface area contributed by atoms with Crippen LogP contribution in [0.3, 0.4) is 0 Å². The van der Waals surface area contributed by atoms with Gasteiger partial charge in [0.25, 0.3) is 0 Å². The lowest BCUT2D eigenvalue weighted by atomic mass is 9.93. The minimum atomic E-state index is -0.131. The summed E-state index contributed by atoms with van der Waals surface area (Å²) in [6.45, 7) is 7.62. The summed E-state index contributed by atoms with van der Waals surface area (Å²) in [4.78, 5) is 2.70. The van der Waals surface area contributed by atoms with Gasteiger partial charge in [-0.05, 0) is 32.4 Å². The molecule has 0 N–H and O–H groups in total. The van der Waals surface area contributed by atoms with Crippen LogP contribution in [-0.4, -0.2) is 57.7 Å². The maximum absolute atomic E-state index is 6.19. The molecule has 1 heterocycles. The van der Waals surface area contributed by atoms with Crippen LogP contribution in [0.4, 0.5) is 0 Å². The molecule has 4 heteroatoms. The summed E-state index contributed by atoms with van der Waals surface area (Å²) >= 11 is 0. The van der Waals surface area contributed by atoms with E-state index in [0.29, 0.717) is 12.6 Å². The highest BCUT2D eigenvalue weighted by Gasteiger charge is 2.36. The first-order chi connectivity index (χ1) is 16.7. The van der Waals surface area contributed by atoms with Gasteiger partial charge in [-0.2, -0.15) is 0 Å². The summed E-state index contributed by atoms with van der Waals surface area (Å²) in [6.07, 6.45) is 29.0. The van der Waals surface area contributed by atoms with Crippen molar-refractivity contribution in [2.45, 2.75) is 167 Å². The van der Waals surface area contributed by atoms with Crippen LogP contribution < -0.4 is 0 Å². The van der Waals surface area contributed by atoms with E-state index < -0.39 is 0 Å². The quantitative estimate of drug-likeness (QED) is 0.0973. The largest absolute Gasteiger partial charge is 0.382 e. The summed E-state index contributed by atoms with van der Waals surface area (Å²) in [6, 6.07) is 0.292. The molecule has 0 saturated carbocycles. The Morgan fingerprint density at radius 1 is 0.647 bits per heavy atom. The van der Waals surface area contributed by atoms with E-state index in [9.17, 15) is 0 Å². The average Bonchev–Trinajstić information content (AvgIpc) is 3.20. The second kappa shape index (κ2) is 23.3. The zero-order valence-electron chi connectivity index (χ0n) is 23.5. The smallest absolute Gasteiger partial charge is 0.109 e. The molecule has 2 radical (unpaired) electrons. The van der Waals surface area contributed by atoms with Crippen LogP contribution >= 0.6 is 0 Å². The molecule has 0 aromatic rings. The van der Waals surface area contributed by atoms with Gasteiger partial charge in [-0.1, -0.05) is 129 Å². The van der Waals surface area contributed by atoms with Crippen LogP contribution in [0.5, 0.6) is 0 Å². The molecule has 0 aromatic heterocycles. The van der Waals surface area contributed by atoms with Gasteiger partial charge in [-0.25, -0.2) is 0 Å². The number of hydrogen-bond donors (Lipinski definition) is 0. The number of unbranched alkanes of at least 4 members (excludes halogenated alkanes) is 18. The Labute approximate surface area is 215 Å². The predicted octanol–water partition coefficient (Wildman–Crippen LogP) is 8.43. The van der Waals surface area contributed by atoms with Crippen molar-refractivity contribution in [2.24, 2.45) is 0 Å². The molecule has 1 aliphatic rings. The van der Waals surface area contributed by atoms with Gasteiger partial charge in [0.05, 0.1) is 12.7 Å². The predicted molar refractivity (Wildman–Crippen MR) is 150 cm³/mol. The molecule has 3 atom stereocenters. The fourth-order valence-electron chi connectivity index (χ4n) is 5.51. The van der Waals surface area contributed by atoms with Crippen molar-refractivity contribution in [3.8, 4) is 0 Å². The summed E-state index contributed by atoms with van der Waals surface area (Å²) in [5.74, 6) is 0. The zero-order chi connectivity index (χ0) is 24.7. The average molecular weight is 478 g/mol. The molecular weight excluding hydrogens is 417 g/mol. The van der Waals surface area contributed by atoms with Crippen molar-refractivity contribution in [3.63, 3.8) is 0 Å². The van der Waals surface area contributed by atoms with Gasteiger partial charge >= 0.3 is 0 Å². The number of rotatable bonds is 25. The Morgan fingerprint density at radius 3 is 1.41 bits per heavy atom. The van der Waals surface area contributed by atoms with E-state index in [-0.39, 0.29) is 12.1 Å². The second-order valence-electron chi connectivity index (χ2n) is 10.9. The van der Waals surface area contributed by atoms with Crippen LogP contribution in [0.25, 0.3) is 0 Å². The highest BCUT2D eigenvalue weighted by molar-refractivity contribution is 6.11. The molecule has 1 saturated heterocycles. The molecule has 0 aromatic carbocycles. The molecule has 200 valence electrons. The van der Waals surface area contributed by atoms with Gasteiger partial charge in [-0.15, -0.1) is 0 Å². The van der Waals surface area contributed by atoms with Crippen molar-refractivity contribution in [1.82, 2.24) is 4.90 Å². The van der Waals surface area contributed by atoms with Gasteiger partial charge in [0.2, 0.25) is 0 Å². The van der Waals surface area contributed by atoms with Crippen LogP contribution in [0.1, 0.15) is 149 Å². The third-order valence-electron chi connectivity index (χ3n) is 7.65. The highest BCUT2D eigenvalue weighted by atomic mass is 16.5. The maximum Gasteiger partial charge on any atom is 0.109 e. The van der Waals surface area contributed by atoms with E-state index in [4.69, 9.17) is 17.3 Å². The molecule has 34 heavy (non-hydrogen) atoms.